The fraction of sp³-hybridized carbons (Fsp3) is 0.158. The van der Waals surface area contributed by atoms with Gasteiger partial charge < -0.3 is 15.4 Å². The number of hydrogen-bond acceptors (Lipinski definition) is 5. The van der Waals surface area contributed by atoms with Crippen molar-refractivity contribution in [3.63, 3.8) is 0 Å². The van der Waals surface area contributed by atoms with Crippen LogP contribution in [-0.2, 0) is 6.54 Å². The minimum absolute atomic E-state index is 0.525. The largest absolute Gasteiger partial charge is 0.496 e. The minimum Gasteiger partial charge on any atom is -0.496 e. The molecule has 0 atom stereocenters. The summed E-state index contributed by atoms with van der Waals surface area (Å²) in [5.41, 5.74) is 1.65. The summed E-state index contributed by atoms with van der Waals surface area (Å²) in [5.74, 6) is 2.75. The van der Waals surface area contributed by atoms with Crippen LogP contribution < -0.4 is 15.4 Å². The summed E-state index contributed by atoms with van der Waals surface area (Å²) in [5, 5.41) is 7.51. The number of aromatic nitrogens is 2. The lowest BCUT2D eigenvalue weighted by atomic mass is 10.2. The fourth-order valence-electron chi connectivity index (χ4n) is 2.50. The number of rotatable bonds is 6. The summed E-state index contributed by atoms with van der Waals surface area (Å²) in [6.45, 7) is 2.40. The molecule has 0 fully saturated rings. The summed E-state index contributed by atoms with van der Waals surface area (Å²) in [4.78, 5) is 8.82. The maximum Gasteiger partial charge on any atom is 0.136 e. The van der Waals surface area contributed by atoms with Crippen molar-refractivity contribution >= 4 is 40.5 Å². The number of nitrogens with zero attached hydrogens (tertiary/aromatic N) is 2. The predicted octanol–water partition coefficient (Wildman–Crippen LogP) is 5.46. The molecule has 2 aromatic carbocycles. The van der Waals surface area contributed by atoms with Crippen LogP contribution in [0.4, 0.5) is 17.3 Å². The van der Waals surface area contributed by atoms with Crippen molar-refractivity contribution in [1.29, 1.82) is 0 Å². The molecule has 134 valence electrons. The number of para-hydroxylation sites is 2. The van der Waals surface area contributed by atoms with Crippen molar-refractivity contribution < 1.29 is 4.74 Å². The number of benzene rings is 2. The van der Waals surface area contributed by atoms with Crippen LogP contribution in [0.15, 0.2) is 48.5 Å². The Hall–Kier alpha value is -2.50. The first-order chi connectivity index (χ1) is 12.6. The SMILES string of the molecule is COc1ccccc1CNc1cc(Nc2c(Cl)cccc2Cl)nc(C)n1. The molecule has 0 saturated heterocycles. The second-order valence-electron chi connectivity index (χ2n) is 5.57. The van der Waals surface area contributed by atoms with Crippen molar-refractivity contribution in [2.75, 3.05) is 17.7 Å². The molecular formula is C19H18Cl2N4O. The maximum absolute atomic E-state index is 6.21. The van der Waals surface area contributed by atoms with Crippen LogP contribution in [0.5, 0.6) is 5.75 Å². The number of anilines is 3. The lowest BCUT2D eigenvalue weighted by Crippen LogP contribution is -2.06. The molecule has 0 unspecified atom stereocenters. The monoisotopic (exact) mass is 388 g/mol. The second-order valence-corrected chi connectivity index (χ2v) is 6.39. The van der Waals surface area contributed by atoms with E-state index >= 15 is 0 Å². The van der Waals surface area contributed by atoms with E-state index in [1.54, 1.807) is 25.3 Å². The van der Waals surface area contributed by atoms with Gasteiger partial charge in [-0.05, 0) is 25.1 Å². The Morgan fingerprint density at radius 3 is 2.38 bits per heavy atom. The summed E-state index contributed by atoms with van der Waals surface area (Å²) in [7, 11) is 1.66. The van der Waals surface area contributed by atoms with Gasteiger partial charge in [-0.3, -0.25) is 0 Å². The number of halogens is 2. The Kier molecular flexibility index (Phi) is 5.81. The number of ether oxygens (including phenoxy) is 1. The van der Waals surface area contributed by atoms with Crippen LogP contribution in [-0.4, -0.2) is 17.1 Å². The lowest BCUT2D eigenvalue weighted by molar-refractivity contribution is 0.410. The van der Waals surface area contributed by atoms with E-state index < -0.39 is 0 Å². The predicted molar refractivity (Wildman–Crippen MR) is 107 cm³/mol. The molecule has 0 radical (unpaired) electrons. The first-order valence-electron chi connectivity index (χ1n) is 7.99. The molecule has 0 amide bonds. The van der Waals surface area contributed by atoms with E-state index in [2.05, 4.69) is 20.6 Å². The van der Waals surface area contributed by atoms with Gasteiger partial charge in [-0.2, -0.15) is 0 Å². The van der Waals surface area contributed by atoms with Crippen LogP contribution in [0.1, 0.15) is 11.4 Å². The van der Waals surface area contributed by atoms with Gasteiger partial charge in [0.1, 0.15) is 23.2 Å². The zero-order chi connectivity index (χ0) is 18.5. The van der Waals surface area contributed by atoms with Gasteiger partial charge in [0, 0.05) is 18.2 Å². The summed E-state index contributed by atoms with van der Waals surface area (Å²) in [6, 6.07) is 15.0. The third kappa shape index (κ3) is 4.36. The second kappa shape index (κ2) is 8.25. The van der Waals surface area contributed by atoms with Gasteiger partial charge in [0.25, 0.3) is 0 Å². The van der Waals surface area contributed by atoms with E-state index in [9.17, 15) is 0 Å². The Morgan fingerprint density at radius 1 is 0.962 bits per heavy atom. The van der Waals surface area contributed by atoms with Crippen LogP contribution in [0, 0.1) is 6.92 Å². The Bertz CT molecular complexity index is 898. The highest BCUT2D eigenvalue weighted by atomic mass is 35.5. The molecule has 0 aliphatic carbocycles. The van der Waals surface area contributed by atoms with E-state index in [0.717, 1.165) is 11.3 Å². The standard InChI is InChI=1S/C19H18Cl2N4O/c1-12-23-17(22-11-13-6-3-4-9-16(13)26-2)10-18(24-12)25-19-14(20)7-5-8-15(19)21/h3-10H,11H2,1-2H3,(H2,22,23,24,25). The number of nitrogens with one attached hydrogen (secondary N) is 2. The third-order valence-electron chi connectivity index (χ3n) is 3.71. The van der Waals surface area contributed by atoms with Gasteiger partial charge in [0.2, 0.25) is 0 Å². The highest BCUT2D eigenvalue weighted by Gasteiger charge is 2.09. The molecule has 0 aliphatic heterocycles. The number of methoxy groups -OCH3 is 1. The molecule has 26 heavy (non-hydrogen) atoms. The van der Waals surface area contributed by atoms with Gasteiger partial charge >= 0.3 is 0 Å². The first-order valence-corrected chi connectivity index (χ1v) is 8.75. The van der Waals surface area contributed by atoms with Crippen LogP contribution in [0.3, 0.4) is 0 Å². The highest BCUT2D eigenvalue weighted by Crippen LogP contribution is 2.32. The van der Waals surface area contributed by atoms with Gasteiger partial charge in [-0.15, -0.1) is 0 Å². The van der Waals surface area contributed by atoms with Crippen LogP contribution in [0.25, 0.3) is 0 Å². The molecule has 7 heteroatoms. The molecule has 3 rings (SSSR count). The van der Waals surface area contributed by atoms with Gasteiger partial charge in [-0.1, -0.05) is 47.5 Å². The Morgan fingerprint density at radius 2 is 1.65 bits per heavy atom. The smallest absolute Gasteiger partial charge is 0.136 e. The normalized spacial score (nSPS) is 10.5. The highest BCUT2D eigenvalue weighted by molar-refractivity contribution is 6.39. The van der Waals surface area contributed by atoms with Crippen molar-refractivity contribution in [2.45, 2.75) is 13.5 Å². The van der Waals surface area contributed by atoms with E-state index in [-0.39, 0.29) is 0 Å². The molecule has 5 nitrogen and oxygen atoms in total. The van der Waals surface area contributed by atoms with Gasteiger partial charge in [-0.25, -0.2) is 9.97 Å². The van der Waals surface area contributed by atoms with E-state index in [1.807, 2.05) is 37.3 Å². The van der Waals surface area contributed by atoms with Gasteiger partial charge in [0.15, 0.2) is 0 Å². The van der Waals surface area contributed by atoms with E-state index in [1.165, 1.54) is 0 Å². The van der Waals surface area contributed by atoms with Crippen molar-refractivity contribution in [2.24, 2.45) is 0 Å². The molecule has 3 aromatic rings. The third-order valence-corrected chi connectivity index (χ3v) is 4.34. The quantitative estimate of drug-likeness (QED) is 0.587. The lowest BCUT2D eigenvalue weighted by Gasteiger charge is -2.13. The maximum atomic E-state index is 6.21. The van der Waals surface area contributed by atoms with Gasteiger partial charge in [0.05, 0.1) is 22.8 Å². The van der Waals surface area contributed by atoms with E-state index in [4.69, 9.17) is 27.9 Å². The minimum atomic E-state index is 0.525. The molecule has 1 aromatic heterocycles. The molecular weight excluding hydrogens is 371 g/mol. The van der Waals surface area contributed by atoms with Crippen molar-refractivity contribution in [1.82, 2.24) is 9.97 Å². The molecule has 0 bridgehead atoms. The zero-order valence-corrected chi connectivity index (χ0v) is 15.9. The average molecular weight is 389 g/mol. The average Bonchev–Trinajstić information content (AvgIpc) is 2.63. The summed E-state index contributed by atoms with van der Waals surface area (Å²) < 4.78 is 5.37. The van der Waals surface area contributed by atoms with Crippen LogP contribution in [0.2, 0.25) is 10.0 Å². The number of hydrogen-bond donors (Lipinski definition) is 2. The van der Waals surface area contributed by atoms with Crippen molar-refractivity contribution in [3.05, 3.63) is 70.0 Å². The molecule has 1 heterocycles. The molecule has 0 saturated carbocycles. The number of aryl methyl sites for hydroxylation is 1. The topological polar surface area (TPSA) is 59.1 Å². The molecule has 0 aliphatic rings. The van der Waals surface area contributed by atoms with E-state index in [0.29, 0.717) is 39.7 Å². The summed E-state index contributed by atoms with van der Waals surface area (Å²) in [6.07, 6.45) is 0. The first kappa shape index (κ1) is 18.3. The fourth-order valence-corrected chi connectivity index (χ4v) is 2.99. The zero-order valence-electron chi connectivity index (χ0n) is 14.4. The van der Waals surface area contributed by atoms with Crippen LogP contribution >= 0.6 is 23.2 Å². The van der Waals surface area contributed by atoms with Crippen molar-refractivity contribution in [3.8, 4) is 5.75 Å². The summed E-state index contributed by atoms with van der Waals surface area (Å²) >= 11 is 12.4. The molecule has 2 N–H and O–H groups in total. The Balaban J connectivity index is 1.79. The Labute approximate surface area is 162 Å². The molecule has 0 spiro atoms.